The predicted molar refractivity (Wildman–Crippen MR) is 122 cm³/mol. The zero-order valence-corrected chi connectivity index (χ0v) is 18.8. The highest BCUT2D eigenvalue weighted by Crippen LogP contribution is 2.34. The van der Waals surface area contributed by atoms with Crippen LogP contribution in [0.5, 0.6) is 0 Å². The molecular weight excluding hydrogens is 467 g/mol. The van der Waals surface area contributed by atoms with Crippen molar-refractivity contribution in [2.45, 2.75) is 31.0 Å². The van der Waals surface area contributed by atoms with Crippen molar-refractivity contribution in [3.05, 3.63) is 111 Å². The molecule has 0 amide bonds. The van der Waals surface area contributed by atoms with Gasteiger partial charge in [-0.25, -0.2) is 17.9 Å². The van der Waals surface area contributed by atoms with Crippen LogP contribution in [0, 0.1) is 6.92 Å². The van der Waals surface area contributed by atoms with E-state index in [1.165, 1.54) is 24.3 Å². The van der Waals surface area contributed by atoms with Crippen molar-refractivity contribution < 1.29 is 26.0 Å². The highest BCUT2D eigenvalue weighted by atomic mass is 32.2. The Labute approximate surface area is 193 Å². The fourth-order valence-corrected chi connectivity index (χ4v) is 4.68. The Morgan fingerprint density at radius 2 is 1.59 bits per heavy atom. The van der Waals surface area contributed by atoms with E-state index in [-0.39, 0.29) is 28.8 Å². The van der Waals surface area contributed by atoms with Crippen molar-refractivity contribution in [2.24, 2.45) is 0 Å². The Morgan fingerprint density at radius 1 is 0.882 bits per heavy atom. The summed E-state index contributed by atoms with van der Waals surface area (Å²) in [7, 11) is -3.73. The van der Waals surface area contributed by atoms with Gasteiger partial charge in [-0.15, -0.1) is 0 Å². The van der Waals surface area contributed by atoms with Crippen LogP contribution in [0.3, 0.4) is 0 Å². The summed E-state index contributed by atoms with van der Waals surface area (Å²) in [6.07, 6.45) is -4.43. The van der Waals surface area contributed by atoms with Gasteiger partial charge in [0.15, 0.2) is 0 Å². The van der Waals surface area contributed by atoms with E-state index >= 15 is 0 Å². The Balaban J connectivity index is 1.53. The normalized spacial score (nSPS) is 12.2. The van der Waals surface area contributed by atoms with Gasteiger partial charge in [0.1, 0.15) is 5.58 Å². The Hall–Kier alpha value is -3.43. The van der Waals surface area contributed by atoms with Crippen LogP contribution in [0.4, 0.5) is 13.2 Å². The average molecular weight is 487 g/mol. The molecule has 9 heteroatoms. The summed E-state index contributed by atoms with van der Waals surface area (Å²) in [5.41, 5.74) is 0.861. The molecule has 0 aliphatic heterocycles. The molecule has 0 saturated carbocycles. The summed E-state index contributed by atoms with van der Waals surface area (Å²) in [4.78, 5) is 11.5. The number of fused-ring (bicyclic) bond motifs is 1. The smallest absolute Gasteiger partial charge is 0.417 e. The monoisotopic (exact) mass is 487 g/mol. The average Bonchev–Trinajstić information content (AvgIpc) is 2.77. The quantitative estimate of drug-likeness (QED) is 0.380. The van der Waals surface area contributed by atoms with Gasteiger partial charge in [-0.1, -0.05) is 48.0 Å². The second-order valence-corrected chi connectivity index (χ2v) is 9.71. The molecule has 0 fully saturated rings. The van der Waals surface area contributed by atoms with Crippen LogP contribution in [0.1, 0.15) is 27.8 Å². The fraction of sp³-hybridized carbons (Fsp3) is 0.160. The van der Waals surface area contributed by atoms with E-state index in [0.29, 0.717) is 17.2 Å². The topological polar surface area (TPSA) is 76.4 Å². The number of rotatable bonds is 6. The molecule has 0 atom stereocenters. The van der Waals surface area contributed by atoms with E-state index in [1.807, 2.05) is 31.2 Å². The van der Waals surface area contributed by atoms with Gasteiger partial charge in [-0.05, 0) is 54.3 Å². The maximum absolute atomic E-state index is 13.4. The number of halogens is 3. The zero-order valence-electron chi connectivity index (χ0n) is 18.0. The van der Waals surface area contributed by atoms with Gasteiger partial charge in [0.05, 0.1) is 10.5 Å². The lowest BCUT2D eigenvalue weighted by Gasteiger charge is -2.11. The number of hydrogen-bond acceptors (Lipinski definition) is 4. The lowest BCUT2D eigenvalue weighted by molar-refractivity contribution is -0.136. The first-order valence-electron chi connectivity index (χ1n) is 10.3. The third-order valence-corrected chi connectivity index (χ3v) is 6.72. The molecule has 0 bridgehead atoms. The molecule has 0 saturated heterocycles. The van der Waals surface area contributed by atoms with E-state index in [0.717, 1.165) is 11.1 Å². The van der Waals surface area contributed by atoms with Gasteiger partial charge in [0.25, 0.3) is 0 Å². The molecule has 3 aromatic carbocycles. The van der Waals surface area contributed by atoms with E-state index in [4.69, 9.17) is 4.42 Å². The summed E-state index contributed by atoms with van der Waals surface area (Å²) in [5.74, 6) is 0. The second kappa shape index (κ2) is 9.08. The first-order valence-corrected chi connectivity index (χ1v) is 11.8. The number of hydrogen-bond donors (Lipinski definition) is 1. The van der Waals surface area contributed by atoms with Gasteiger partial charge < -0.3 is 4.42 Å². The molecule has 0 spiro atoms. The summed E-state index contributed by atoms with van der Waals surface area (Å²) >= 11 is 0. The molecule has 4 aromatic rings. The summed E-state index contributed by atoms with van der Waals surface area (Å²) < 4.78 is 72.8. The molecule has 4 rings (SSSR count). The fourth-order valence-electron chi connectivity index (χ4n) is 3.66. The third-order valence-electron chi connectivity index (χ3n) is 5.30. The molecule has 0 aliphatic carbocycles. The molecule has 1 aromatic heterocycles. The van der Waals surface area contributed by atoms with Crippen molar-refractivity contribution in [1.29, 1.82) is 0 Å². The van der Waals surface area contributed by atoms with Crippen LogP contribution in [-0.4, -0.2) is 8.42 Å². The number of aryl methyl sites for hydroxylation is 1. The largest absolute Gasteiger partial charge is 0.423 e. The SMILES string of the molecule is Cc1cccc(CNS(=O)(=O)c2ccc(Cc3ccc4oc(=O)cc(C(F)(F)F)c4c3)cc2)c1. The van der Waals surface area contributed by atoms with E-state index in [1.54, 1.807) is 18.2 Å². The standard InChI is InChI=1S/C25H20F3NO4S/c1-16-3-2-4-19(11-16)15-29-34(31,32)20-8-5-17(6-9-20)12-18-7-10-23-21(13-18)22(25(26,27)28)14-24(30)33-23/h2-11,13-14,29H,12,15H2,1H3. The van der Waals surface area contributed by atoms with Gasteiger partial charge in [0.2, 0.25) is 10.0 Å². The minimum absolute atomic E-state index is 0.0866. The highest BCUT2D eigenvalue weighted by molar-refractivity contribution is 7.89. The number of sulfonamides is 1. The lowest BCUT2D eigenvalue weighted by atomic mass is 10.0. The summed E-state index contributed by atoms with van der Waals surface area (Å²) in [6.45, 7) is 2.08. The Bertz CT molecular complexity index is 1510. The highest BCUT2D eigenvalue weighted by Gasteiger charge is 2.33. The first-order chi connectivity index (χ1) is 16.0. The lowest BCUT2D eigenvalue weighted by Crippen LogP contribution is -2.23. The zero-order chi connectivity index (χ0) is 24.5. The van der Waals surface area contributed by atoms with Crippen LogP contribution in [0.25, 0.3) is 11.0 Å². The molecule has 0 radical (unpaired) electrons. The first kappa shape index (κ1) is 23.7. The van der Waals surface area contributed by atoms with E-state index in [2.05, 4.69) is 4.72 Å². The Morgan fingerprint density at radius 3 is 2.26 bits per heavy atom. The maximum Gasteiger partial charge on any atom is 0.417 e. The van der Waals surface area contributed by atoms with Crippen LogP contribution in [0.15, 0.2) is 86.9 Å². The number of benzene rings is 3. The van der Waals surface area contributed by atoms with Crippen molar-refractivity contribution in [1.82, 2.24) is 4.72 Å². The van der Waals surface area contributed by atoms with Crippen LogP contribution in [-0.2, 0) is 29.2 Å². The van der Waals surface area contributed by atoms with Crippen molar-refractivity contribution in [2.75, 3.05) is 0 Å². The molecule has 0 aliphatic rings. The van der Waals surface area contributed by atoms with E-state index in [9.17, 15) is 26.4 Å². The van der Waals surface area contributed by atoms with Crippen molar-refractivity contribution in [3.8, 4) is 0 Å². The molecule has 0 unspecified atom stereocenters. The molecule has 34 heavy (non-hydrogen) atoms. The van der Waals surface area contributed by atoms with Gasteiger partial charge in [0, 0.05) is 18.0 Å². The minimum Gasteiger partial charge on any atom is -0.423 e. The maximum atomic E-state index is 13.4. The molecule has 1 heterocycles. The van der Waals surface area contributed by atoms with Crippen molar-refractivity contribution >= 4 is 21.0 Å². The summed E-state index contributed by atoms with van der Waals surface area (Å²) in [5, 5.41) is -0.204. The Kier molecular flexibility index (Phi) is 6.33. The minimum atomic E-state index is -4.70. The number of nitrogens with one attached hydrogen (secondary N) is 1. The molecular formula is C25H20F3NO4S. The van der Waals surface area contributed by atoms with Gasteiger partial charge >= 0.3 is 11.8 Å². The van der Waals surface area contributed by atoms with Crippen LogP contribution in [0.2, 0.25) is 0 Å². The molecule has 5 nitrogen and oxygen atoms in total. The van der Waals surface area contributed by atoms with Crippen LogP contribution < -0.4 is 10.3 Å². The third kappa shape index (κ3) is 5.37. The number of alkyl halides is 3. The second-order valence-electron chi connectivity index (χ2n) is 7.94. The van der Waals surface area contributed by atoms with Gasteiger partial charge in [-0.2, -0.15) is 13.2 Å². The summed E-state index contributed by atoms with van der Waals surface area (Å²) in [6, 6.07) is 18.3. The van der Waals surface area contributed by atoms with Crippen LogP contribution >= 0.6 is 0 Å². The predicted octanol–water partition coefficient (Wildman–Crippen LogP) is 5.19. The van der Waals surface area contributed by atoms with Gasteiger partial charge in [-0.3, -0.25) is 0 Å². The van der Waals surface area contributed by atoms with E-state index < -0.39 is 27.4 Å². The molecule has 176 valence electrons. The van der Waals surface area contributed by atoms with Crippen molar-refractivity contribution in [3.63, 3.8) is 0 Å². The molecule has 1 N–H and O–H groups in total.